The lowest BCUT2D eigenvalue weighted by molar-refractivity contribution is 0.119. The second kappa shape index (κ2) is 3.12. The molecule has 0 bridgehead atoms. The van der Waals surface area contributed by atoms with E-state index in [1.165, 1.54) is 32.1 Å². The Balaban J connectivity index is 2.33. The van der Waals surface area contributed by atoms with Crippen LogP contribution >= 0.6 is 0 Å². The lowest BCUT2D eigenvalue weighted by atomic mass is 9.56. The fraction of sp³-hybridized carbons (Fsp3) is 0.857. The Labute approximate surface area is 88.8 Å². The summed E-state index contributed by atoms with van der Waals surface area (Å²) in [5.74, 6) is 0.767. The van der Waals surface area contributed by atoms with Crippen molar-refractivity contribution in [1.82, 2.24) is 0 Å². The molecule has 2 rings (SSSR count). The number of fused-ring (bicyclic) bond motifs is 1. The van der Waals surface area contributed by atoms with E-state index in [1.54, 1.807) is 5.57 Å². The second-order valence-corrected chi connectivity index (χ2v) is 6.41. The summed E-state index contributed by atoms with van der Waals surface area (Å²) in [6, 6.07) is 0. The maximum Gasteiger partial charge on any atom is -0.0111 e. The first kappa shape index (κ1) is 10.3. The van der Waals surface area contributed by atoms with Crippen molar-refractivity contribution < 1.29 is 0 Å². The van der Waals surface area contributed by atoms with Crippen molar-refractivity contribution in [2.45, 2.75) is 59.8 Å². The molecule has 1 saturated carbocycles. The van der Waals surface area contributed by atoms with Crippen LogP contribution in [0.2, 0.25) is 0 Å². The molecule has 0 nitrogen and oxygen atoms in total. The summed E-state index contributed by atoms with van der Waals surface area (Å²) >= 11 is 0. The molecule has 0 heteroatoms. The van der Waals surface area contributed by atoms with Crippen molar-refractivity contribution in [3.8, 4) is 0 Å². The van der Waals surface area contributed by atoms with Crippen molar-refractivity contribution >= 4 is 0 Å². The number of rotatable bonds is 0. The van der Waals surface area contributed by atoms with Gasteiger partial charge in [-0.15, -0.1) is 0 Å². The average molecular weight is 192 g/mol. The summed E-state index contributed by atoms with van der Waals surface area (Å²) in [5, 5.41) is 0. The van der Waals surface area contributed by atoms with Gasteiger partial charge in [0, 0.05) is 0 Å². The van der Waals surface area contributed by atoms with Gasteiger partial charge < -0.3 is 0 Å². The summed E-state index contributed by atoms with van der Waals surface area (Å²) in [6.45, 7) is 9.75. The minimum atomic E-state index is 0.510. The molecule has 0 aliphatic heterocycles. The zero-order valence-corrected chi connectivity index (χ0v) is 10.2. The van der Waals surface area contributed by atoms with E-state index in [0.29, 0.717) is 10.8 Å². The van der Waals surface area contributed by atoms with Crippen LogP contribution in [0.4, 0.5) is 0 Å². The van der Waals surface area contributed by atoms with Crippen LogP contribution in [-0.4, -0.2) is 0 Å². The number of allylic oxidation sites excluding steroid dienone is 2. The van der Waals surface area contributed by atoms with Crippen LogP contribution in [0.1, 0.15) is 59.8 Å². The Bertz CT molecular complexity index is 259. The van der Waals surface area contributed by atoms with E-state index in [9.17, 15) is 0 Å². The van der Waals surface area contributed by atoms with Gasteiger partial charge in [-0.25, -0.2) is 0 Å². The van der Waals surface area contributed by atoms with Crippen LogP contribution in [0.5, 0.6) is 0 Å². The molecule has 0 aromatic carbocycles. The number of hydrogen-bond donors (Lipinski definition) is 0. The van der Waals surface area contributed by atoms with Gasteiger partial charge in [0.2, 0.25) is 0 Å². The van der Waals surface area contributed by atoms with Gasteiger partial charge in [0.15, 0.2) is 0 Å². The average Bonchev–Trinajstić information content (AvgIpc) is 2.06. The van der Waals surface area contributed by atoms with Crippen LogP contribution in [-0.2, 0) is 0 Å². The Morgan fingerprint density at radius 3 is 2.64 bits per heavy atom. The predicted octanol–water partition coefficient (Wildman–Crippen LogP) is 4.56. The maximum atomic E-state index is 2.59. The maximum absolute atomic E-state index is 2.59. The normalized spacial score (nSPS) is 41.4. The largest absolute Gasteiger partial charge is 0.0814 e. The lowest BCUT2D eigenvalue weighted by Crippen LogP contribution is -2.37. The molecule has 2 aliphatic rings. The molecule has 14 heavy (non-hydrogen) atoms. The summed E-state index contributed by atoms with van der Waals surface area (Å²) in [6.07, 6.45) is 9.65. The summed E-state index contributed by atoms with van der Waals surface area (Å²) in [5.41, 5.74) is 2.83. The molecule has 0 N–H and O–H groups in total. The highest BCUT2D eigenvalue weighted by molar-refractivity contribution is 5.22. The summed E-state index contributed by atoms with van der Waals surface area (Å²) < 4.78 is 0. The van der Waals surface area contributed by atoms with Crippen LogP contribution in [0.25, 0.3) is 0 Å². The van der Waals surface area contributed by atoms with Crippen molar-refractivity contribution in [2.24, 2.45) is 16.7 Å². The molecule has 0 aromatic rings. The monoisotopic (exact) mass is 192 g/mol. The van der Waals surface area contributed by atoms with Gasteiger partial charge in [0.25, 0.3) is 0 Å². The van der Waals surface area contributed by atoms with Gasteiger partial charge in [-0.3, -0.25) is 0 Å². The van der Waals surface area contributed by atoms with E-state index >= 15 is 0 Å². The molecule has 0 amide bonds. The summed E-state index contributed by atoms with van der Waals surface area (Å²) in [7, 11) is 0. The molecule has 0 heterocycles. The van der Waals surface area contributed by atoms with Crippen molar-refractivity contribution in [3.05, 3.63) is 11.6 Å². The van der Waals surface area contributed by atoms with E-state index in [2.05, 4.69) is 33.8 Å². The molecular weight excluding hydrogens is 168 g/mol. The van der Waals surface area contributed by atoms with Gasteiger partial charge in [-0.05, 0) is 42.4 Å². The lowest BCUT2D eigenvalue weighted by Gasteiger charge is -2.48. The first-order valence-corrected chi connectivity index (χ1v) is 6.15. The Kier molecular flexibility index (Phi) is 2.28. The van der Waals surface area contributed by atoms with E-state index in [1.807, 2.05) is 0 Å². The van der Waals surface area contributed by atoms with Crippen LogP contribution < -0.4 is 0 Å². The molecule has 0 spiro atoms. The van der Waals surface area contributed by atoms with Crippen molar-refractivity contribution in [1.29, 1.82) is 0 Å². The molecule has 2 aliphatic carbocycles. The molecule has 0 aromatic heterocycles. The zero-order valence-electron chi connectivity index (χ0n) is 10.2. The van der Waals surface area contributed by atoms with E-state index in [0.717, 1.165) is 5.92 Å². The van der Waals surface area contributed by atoms with E-state index in [4.69, 9.17) is 0 Å². The highest BCUT2D eigenvalue weighted by Gasteiger charge is 2.42. The number of hydrogen-bond acceptors (Lipinski definition) is 0. The van der Waals surface area contributed by atoms with Crippen molar-refractivity contribution in [3.63, 3.8) is 0 Å². The van der Waals surface area contributed by atoms with Gasteiger partial charge in [-0.2, -0.15) is 0 Å². The third-order valence-corrected chi connectivity index (χ3v) is 4.73. The highest BCUT2D eigenvalue weighted by atomic mass is 14.5. The molecule has 0 radical (unpaired) electrons. The van der Waals surface area contributed by atoms with Gasteiger partial charge >= 0.3 is 0 Å². The molecular formula is C14H24. The Morgan fingerprint density at radius 1 is 1.21 bits per heavy atom. The fourth-order valence-electron chi connectivity index (χ4n) is 3.47. The molecule has 1 fully saturated rings. The fourth-order valence-corrected chi connectivity index (χ4v) is 3.47. The zero-order chi connectivity index (χ0) is 10.4. The quantitative estimate of drug-likeness (QED) is 0.494. The minimum Gasteiger partial charge on any atom is -0.0814 e. The van der Waals surface area contributed by atoms with Crippen molar-refractivity contribution in [2.75, 3.05) is 0 Å². The Hall–Kier alpha value is -0.260. The van der Waals surface area contributed by atoms with Crippen LogP contribution in [0.15, 0.2) is 11.6 Å². The van der Waals surface area contributed by atoms with Gasteiger partial charge in [0.05, 0.1) is 0 Å². The molecule has 80 valence electrons. The third kappa shape index (κ3) is 1.53. The molecule has 0 saturated heterocycles. The highest BCUT2D eigenvalue weighted by Crippen LogP contribution is 2.54. The molecule has 2 atom stereocenters. The minimum absolute atomic E-state index is 0.510. The van der Waals surface area contributed by atoms with Gasteiger partial charge in [0.1, 0.15) is 0 Å². The first-order chi connectivity index (χ1) is 6.44. The third-order valence-electron chi connectivity index (χ3n) is 4.73. The smallest absolute Gasteiger partial charge is 0.0111 e. The van der Waals surface area contributed by atoms with E-state index < -0.39 is 0 Å². The van der Waals surface area contributed by atoms with E-state index in [-0.39, 0.29) is 0 Å². The molecule has 1 unspecified atom stereocenters. The summed E-state index contributed by atoms with van der Waals surface area (Å²) in [4.78, 5) is 0. The van der Waals surface area contributed by atoms with Gasteiger partial charge in [-0.1, -0.05) is 45.8 Å². The second-order valence-electron chi connectivity index (χ2n) is 6.41. The predicted molar refractivity (Wildman–Crippen MR) is 62.2 cm³/mol. The SMILES string of the molecule is C[C@H]1C=C2CCCCC2(C)CC1(C)C. The first-order valence-electron chi connectivity index (χ1n) is 6.15. The van der Waals surface area contributed by atoms with Crippen LogP contribution in [0.3, 0.4) is 0 Å². The Morgan fingerprint density at radius 2 is 1.93 bits per heavy atom. The van der Waals surface area contributed by atoms with Crippen LogP contribution in [0, 0.1) is 16.7 Å². The topological polar surface area (TPSA) is 0 Å². The standard InChI is InChI=1S/C14H24/c1-11-9-12-7-5-6-8-14(12,4)10-13(11,2)3/h9,11H,5-8,10H2,1-4H3/t11-,14?/m0/s1.